The fourth-order valence-electron chi connectivity index (χ4n) is 3.57. The second kappa shape index (κ2) is 6.67. The van der Waals surface area contributed by atoms with Crippen molar-refractivity contribution < 1.29 is 9.90 Å². The van der Waals surface area contributed by atoms with Crippen LogP contribution >= 0.6 is 0 Å². The topological polar surface area (TPSA) is 87.0 Å². The minimum Gasteiger partial charge on any atom is -0.507 e. The highest BCUT2D eigenvalue weighted by atomic mass is 16.3. The molecule has 3 aromatic rings. The Labute approximate surface area is 151 Å². The number of hydrogen-bond donors (Lipinski definition) is 2. The van der Waals surface area contributed by atoms with Gasteiger partial charge in [0, 0.05) is 44.0 Å². The Bertz CT molecular complexity index is 929. The highest BCUT2D eigenvalue weighted by molar-refractivity contribution is 5.93. The largest absolute Gasteiger partial charge is 0.507 e. The molecular weight excluding hydrogens is 330 g/mol. The van der Waals surface area contributed by atoms with E-state index < -0.39 is 0 Å². The van der Waals surface area contributed by atoms with Crippen molar-refractivity contribution in [3.8, 4) is 17.0 Å². The summed E-state index contributed by atoms with van der Waals surface area (Å²) >= 11 is 0. The molecule has 26 heavy (non-hydrogen) atoms. The molecule has 7 heteroatoms. The molecular formula is C19H21N5O2. The molecule has 0 aliphatic carbocycles. The van der Waals surface area contributed by atoms with Crippen molar-refractivity contribution in [2.75, 3.05) is 13.1 Å². The van der Waals surface area contributed by atoms with Crippen LogP contribution in [0.15, 0.2) is 42.7 Å². The second-order valence-corrected chi connectivity index (χ2v) is 6.67. The van der Waals surface area contributed by atoms with Gasteiger partial charge in [0.15, 0.2) is 0 Å². The lowest BCUT2D eigenvalue weighted by atomic mass is 9.97. The molecule has 1 saturated heterocycles. The molecule has 134 valence electrons. The minimum absolute atomic E-state index is 0.0712. The second-order valence-electron chi connectivity index (χ2n) is 6.67. The molecule has 1 fully saturated rings. The molecule has 0 spiro atoms. The van der Waals surface area contributed by atoms with E-state index in [1.165, 1.54) is 0 Å². The first-order valence-corrected chi connectivity index (χ1v) is 8.74. The maximum absolute atomic E-state index is 12.9. The monoisotopic (exact) mass is 351 g/mol. The standard InChI is InChI=1S/C19H21N5O2/c1-23-10-8-20-18(23)13-5-4-9-24(12-13)19(26)16-11-15(21-22-16)14-6-2-3-7-17(14)25/h2-3,6-8,10-11,13,25H,4-5,9,12H2,1H3,(H,21,22)/t13-/m0/s1. The first-order valence-electron chi connectivity index (χ1n) is 8.74. The first-order chi connectivity index (χ1) is 12.6. The maximum Gasteiger partial charge on any atom is 0.271 e. The number of para-hydroxylation sites is 1. The van der Waals surface area contributed by atoms with Crippen LogP contribution in [-0.4, -0.2) is 48.8 Å². The molecule has 0 unspecified atom stereocenters. The van der Waals surface area contributed by atoms with Gasteiger partial charge in [-0.1, -0.05) is 12.1 Å². The average Bonchev–Trinajstić information content (AvgIpc) is 3.31. The van der Waals surface area contributed by atoms with Gasteiger partial charge in [-0.3, -0.25) is 9.89 Å². The number of piperidine rings is 1. The Morgan fingerprint density at radius 1 is 1.35 bits per heavy atom. The number of carbonyl (C=O) groups excluding carboxylic acids is 1. The summed E-state index contributed by atoms with van der Waals surface area (Å²) in [6, 6.07) is 8.66. The third-order valence-corrected chi connectivity index (χ3v) is 4.92. The number of phenols is 1. The number of H-pyrrole nitrogens is 1. The molecule has 3 heterocycles. The number of phenolic OH excluding ortho intramolecular Hbond substituents is 1. The SMILES string of the molecule is Cn1ccnc1[C@H]1CCCN(C(=O)c2cc(-c3ccccc3O)n[nH]2)C1. The van der Waals surface area contributed by atoms with Crippen LogP contribution in [0.1, 0.15) is 35.1 Å². The van der Waals surface area contributed by atoms with Gasteiger partial charge >= 0.3 is 0 Å². The molecule has 1 atom stereocenters. The number of amides is 1. The van der Waals surface area contributed by atoms with Gasteiger partial charge in [0.05, 0.1) is 5.69 Å². The lowest BCUT2D eigenvalue weighted by Gasteiger charge is -2.32. The van der Waals surface area contributed by atoms with Crippen LogP contribution in [0.4, 0.5) is 0 Å². The number of aromatic amines is 1. The number of aromatic nitrogens is 4. The van der Waals surface area contributed by atoms with Crippen LogP contribution in [0.5, 0.6) is 5.75 Å². The van der Waals surface area contributed by atoms with Crippen molar-refractivity contribution in [3.05, 3.63) is 54.2 Å². The lowest BCUT2D eigenvalue weighted by molar-refractivity contribution is 0.0697. The van der Waals surface area contributed by atoms with Crippen LogP contribution in [0.2, 0.25) is 0 Å². The highest BCUT2D eigenvalue weighted by Crippen LogP contribution is 2.29. The van der Waals surface area contributed by atoms with Gasteiger partial charge in [-0.2, -0.15) is 5.10 Å². The first kappa shape index (κ1) is 16.4. The van der Waals surface area contributed by atoms with Crippen molar-refractivity contribution in [3.63, 3.8) is 0 Å². The summed E-state index contributed by atoms with van der Waals surface area (Å²) < 4.78 is 2.02. The summed E-state index contributed by atoms with van der Waals surface area (Å²) in [5, 5.41) is 17.0. The molecule has 2 N–H and O–H groups in total. The smallest absolute Gasteiger partial charge is 0.271 e. The van der Waals surface area contributed by atoms with E-state index in [-0.39, 0.29) is 17.6 Å². The predicted molar refractivity (Wildman–Crippen MR) is 96.8 cm³/mol. The Hall–Kier alpha value is -3.09. The van der Waals surface area contributed by atoms with Crippen molar-refractivity contribution in [2.45, 2.75) is 18.8 Å². The molecule has 1 amide bonds. The fraction of sp³-hybridized carbons (Fsp3) is 0.316. The number of imidazole rings is 1. The number of nitrogens with one attached hydrogen (secondary N) is 1. The number of rotatable bonds is 3. The molecule has 1 aliphatic rings. The Morgan fingerprint density at radius 3 is 2.96 bits per heavy atom. The number of likely N-dealkylation sites (tertiary alicyclic amines) is 1. The van der Waals surface area contributed by atoms with Crippen LogP contribution in [0.3, 0.4) is 0 Å². The van der Waals surface area contributed by atoms with Gasteiger partial charge in [0.1, 0.15) is 17.3 Å². The Morgan fingerprint density at radius 2 is 2.19 bits per heavy atom. The lowest BCUT2D eigenvalue weighted by Crippen LogP contribution is -2.39. The van der Waals surface area contributed by atoms with E-state index in [1.807, 2.05) is 28.8 Å². The van der Waals surface area contributed by atoms with E-state index in [0.29, 0.717) is 23.5 Å². The summed E-state index contributed by atoms with van der Waals surface area (Å²) in [6.07, 6.45) is 5.71. The van der Waals surface area contributed by atoms with Crippen LogP contribution in [0.25, 0.3) is 11.3 Å². The number of aryl methyl sites for hydroxylation is 1. The number of aromatic hydroxyl groups is 1. The zero-order valence-electron chi connectivity index (χ0n) is 14.6. The van der Waals surface area contributed by atoms with Crippen molar-refractivity contribution >= 4 is 5.91 Å². The molecule has 0 bridgehead atoms. The molecule has 1 aliphatic heterocycles. The van der Waals surface area contributed by atoms with Crippen LogP contribution < -0.4 is 0 Å². The minimum atomic E-state index is -0.0712. The normalized spacial score (nSPS) is 17.4. The van der Waals surface area contributed by atoms with E-state index in [2.05, 4.69) is 15.2 Å². The zero-order valence-corrected chi connectivity index (χ0v) is 14.6. The van der Waals surface area contributed by atoms with Gasteiger partial charge in [-0.05, 0) is 31.0 Å². The van der Waals surface area contributed by atoms with Crippen molar-refractivity contribution in [1.82, 2.24) is 24.6 Å². The molecule has 2 aromatic heterocycles. The maximum atomic E-state index is 12.9. The Balaban J connectivity index is 1.53. The summed E-state index contributed by atoms with van der Waals surface area (Å²) in [4.78, 5) is 19.2. The van der Waals surface area contributed by atoms with Gasteiger partial charge in [0.2, 0.25) is 0 Å². The fourth-order valence-corrected chi connectivity index (χ4v) is 3.57. The third kappa shape index (κ3) is 2.96. The summed E-state index contributed by atoms with van der Waals surface area (Å²) in [5.41, 5.74) is 1.60. The molecule has 4 rings (SSSR count). The van der Waals surface area contributed by atoms with Crippen molar-refractivity contribution in [1.29, 1.82) is 0 Å². The summed E-state index contributed by atoms with van der Waals surface area (Å²) in [6.45, 7) is 1.37. The number of benzene rings is 1. The molecule has 1 aromatic carbocycles. The van der Waals surface area contributed by atoms with E-state index in [1.54, 1.807) is 30.5 Å². The third-order valence-electron chi connectivity index (χ3n) is 4.92. The van der Waals surface area contributed by atoms with Crippen molar-refractivity contribution in [2.24, 2.45) is 7.05 Å². The van der Waals surface area contributed by atoms with Gasteiger partial charge in [-0.25, -0.2) is 4.98 Å². The summed E-state index contributed by atoms with van der Waals surface area (Å²) in [5.74, 6) is 1.33. The van der Waals surface area contributed by atoms with E-state index in [4.69, 9.17) is 0 Å². The number of hydrogen-bond acceptors (Lipinski definition) is 4. The quantitative estimate of drug-likeness (QED) is 0.759. The Kier molecular flexibility index (Phi) is 4.20. The van der Waals surface area contributed by atoms with Crippen LogP contribution in [0, 0.1) is 0 Å². The van der Waals surface area contributed by atoms with E-state index in [9.17, 15) is 9.90 Å². The highest BCUT2D eigenvalue weighted by Gasteiger charge is 2.28. The molecule has 0 saturated carbocycles. The molecule has 0 radical (unpaired) electrons. The van der Waals surface area contributed by atoms with Gasteiger partial charge in [-0.15, -0.1) is 0 Å². The summed E-state index contributed by atoms with van der Waals surface area (Å²) in [7, 11) is 1.98. The average molecular weight is 351 g/mol. The zero-order chi connectivity index (χ0) is 18.1. The predicted octanol–water partition coefficient (Wildman–Crippen LogP) is 2.54. The van der Waals surface area contributed by atoms with Gasteiger partial charge in [0.25, 0.3) is 5.91 Å². The van der Waals surface area contributed by atoms with E-state index in [0.717, 1.165) is 25.2 Å². The number of carbonyl (C=O) groups is 1. The van der Waals surface area contributed by atoms with E-state index >= 15 is 0 Å². The van der Waals surface area contributed by atoms with Crippen LogP contribution in [-0.2, 0) is 7.05 Å². The molecule has 7 nitrogen and oxygen atoms in total. The number of nitrogens with zero attached hydrogens (tertiary/aromatic N) is 4. The van der Waals surface area contributed by atoms with Gasteiger partial charge < -0.3 is 14.6 Å².